The van der Waals surface area contributed by atoms with Crippen molar-refractivity contribution in [2.24, 2.45) is 0 Å². The van der Waals surface area contributed by atoms with E-state index in [9.17, 15) is 10.1 Å². The summed E-state index contributed by atoms with van der Waals surface area (Å²) >= 11 is 3.72. The summed E-state index contributed by atoms with van der Waals surface area (Å²) in [6.07, 6.45) is 3.09. The number of carbonyl (C=O) groups excluding carboxylic acids is 1. The lowest BCUT2D eigenvalue weighted by Gasteiger charge is -2.04. The van der Waals surface area contributed by atoms with Gasteiger partial charge in [0.2, 0.25) is 0 Å². The lowest BCUT2D eigenvalue weighted by Crippen LogP contribution is -2.11. The van der Waals surface area contributed by atoms with E-state index in [1.165, 1.54) is 4.88 Å². The number of nitrogens with zero attached hydrogens (tertiary/aromatic N) is 1. The summed E-state index contributed by atoms with van der Waals surface area (Å²) in [5.74, 6) is -0.153. The Kier molecular flexibility index (Phi) is 3.76. The summed E-state index contributed by atoms with van der Waals surface area (Å²) in [5.41, 5.74) is 2.41. The number of nitrogens with one attached hydrogen (secondary N) is 1. The summed E-state index contributed by atoms with van der Waals surface area (Å²) in [7, 11) is 0. The molecule has 1 heterocycles. The van der Waals surface area contributed by atoms with Gasteiger partial charge in [0.25, 0.3) is 5.91 Å². The van der Waals surface area contributed by atoms with Crippen LogP contribution in [0.1, 0.15) is 32.8 Å². The molecule has 0 unspecified atom stereocenters. The number of amides is 1. The monoisotopic (exact) mass is 394 g/mol. The van der Waals surface area contributed by atoms with E-state index in [0.717, 1.165) is 28.4 Å². The van der Waals surface area contributed by atoms with Gasteiger partial charge in [0.1, 0.15) is 11.1 Å². The largest absolute Gasteiger partial charge is 0.312 e. The Labute approximate surface area is 134 Å². The van der Waals surface area contributed by atoms with E-state index in [4.69, 9.17) is 0 Å². The third-order valence-electron chi connectivity index (χ3n) is 3.35. The molecule has 0 bridgehead atoms. The minimum atomic E-state index is -0.153. The van der Waals surface area contributed by atoms with Crippen LogP contribution in [0.15, 0.2) is 24.3 Å². The Morgan fingerprint density at radius 2 is 2.25 bits per heavy atom. The molecule has 1 aliphatic rings. The van der Waals surface area contributed by atoms with Crippen LogP contribution in [0.4, 0.5) is 5.00 Å². The maximum atomic E-state index is 12.2. The molecule has 3 rings (SSSR count). The molecule has 2 aromatic rings. The Balaban J connectivity index is 1.89. The molecule has 1 amide bonds. The molecule has 0 fully saturated rings. The highest BCUT2D eigenvalue weighted by Gasteiger charge is 2.23. The minimum Gasteiger partial charge on any atom is -0.312 e. The van der Waals surface area contributed by atoms with Crippen molar-refractivity contribution in [1.82, 2.24) is 0 Å². The van der Waals surface area contributed by atoms with Crippen LogP contribution in [0.25, 0.3) is 0 Å². The zero-order valence-electron chi connectivity index (χ0n) is 10.6. The van der Waals surface area contributed by atoms with Gasteiger partial charge in [-0.2, -0.15) is 5.26 Å². The maximum absolute atomic E-state index is 12.2. The summed E-state index contributed by atoms with van der Waals surface area (Å²) in [6, 6.07) is 9.66. The predicted octanol–water partition coefficient (Wildman–Crippen LogP) is 3.97. The molecule has 0 atom stereocenters. The van der Waals surface area contributed by atoms with Gasteiger partial charge in [-0.15, -0.1) is 11.3 Å². The first-order valence-corrected chi connectivity index (χ1v) is 8.20. The molecule has 1 aromatic heterocycles. The van der Waals surface area contributed by atoms with E-state index >= 15 is 0 Å². The molecule has 3 nitrogen and oxygen atoms in total. The molecule has 0 saturated heterocycles. The first-order valence-electron chi connectivity index (χ1n) is 6.30. The number of fused-ring (bicyclic) bond motifs is 1. The first-order chi connectivity index (χ1) is 9.69. The van der Waals surface area contributed by atoms with Crippen molar-refractivity contribution in [1.29, 1.82) is 5.26 Å². The van der Waals surface area contributed by atoms with E-state index in [1.807, 2.05) is 18.2 Å². The second kappa shape index (κ2) is 5.54. The van der Waals surface area contributed by atoms with Gasteiger partial charge < -0.3 is 5.32 Å². The van der Waals surface area contributed by atoms with Crippen LogP contribution in [0, 0.1) is 14.9 Å². The van der Waals surface area contributed by atoms with Crippen molar-refractivity contribution >= 4 is 44.8 Å². The van der Waals surface area contributed by atoms with E-state index in [0.29, 0.717) is 16.1 Å². The highest BCUT2D eigenvalue weighted by molar-refractivity contribution is 14.1. The normalized spacial score (nSPS) is 12.8. The molecule has 0 aliphatic heterocycles. The zero-order valence-corrected chi connectivity index (χ0v) is 13.5. The first kappa shape index (κ1) is 13.6. The second-order valence-electron chi connectivity index (χ2n) is 4.64. The summed E-state index contributed by atoms with van der Waals surface area (Å²) in [6.45, 7) is 0. The van der Waals surface area contributed by atoms with Gasteiger partial charge in [-0.3, -0.25) is 4.79 Å². The van der Waals surface area contributed by atoms with Crippen LogP contribution in [0.5, 0.6) is 0 Å². The van der Waals surface area contributed by atoms with Gasteiger partial charge in [0.15, 0.2) is 0 Å². The van der Waals surface area contributed by atoms with Gasteiger partial charge >= 0.3 is 0 Å². The number of anilines is 1. The highest BCUT2D eigenvalue weighted by Crippen LogP contribution is 2.38. The summed E-state index contributed by atoms with van der Waals surface area (Å²) in [5, 5.41) is 12.9. The van der Waals surface area contributed by atoms with Gasteiger partial charge in [-0.1, -0.05) is 6.07 Å². The molecule has 5 heteroatoms. The number of benzene rings is 1. The van der Waals surface area contributed by atoms with Gasteiger partial charge in [-0.05, 0) is 65.6 Å². The minimum absolute atomic E-state index is 0.153. The van der Waals surface area contributed by atoms with Crippen LogP contribution in [-0.4, -0.2) is 5.91 Å². The van der Waals surface area contributed by atoms with Gasteiger partial charge in [0, 0.05) is 14.0 Å². The molecule has 100 valence electrons. The second-order valence-corrected chi connectivity index (χ2v) is 6.99. The average Bonchev–Trinajstić information content (AvgIpc) is 2.98. The molecule has 1 aliphatic carbocycles. The number of hydrogen-bond donors (Lipinski definition) is 1. The van der Waals surface area contributed by atoms with Crippen LogP contribution < -0.4 is 5.32 Å². The maximum Gasteiger partial charge on any atom is 0.256 e. The molecule has 0 radical (unpaired) electrons. The summed E-state index contributed by atoms with van der Waals surface area (Å²) < 4.78 is 1.02. The third-order valence-corrected chi connectivity index (χ3v) is 5.23. The highest BCUT2D eigenvalue weighted by atomic mass is 127. The average molecular weight is 394 g/mol. The Bertz CT molecular complexity index is 730. The van der Waals surface area contributed by atoms with Crippen molar-refractivity contribution < 1.29 is 4.79 Å². The molecule has 1 aromatic carbocycles. The Morgan fingerprint density at radius 3 is 3.00 bits per heavy atom. The van der Waals surface area contributed by atoms with E-state index in [1.54, 1.807) is 17.4 Å². The van der Waals surface area contributed by atoms with Crippen LogP contribution in [-0.2, 0) is 12.8 Å². The van der Waals surface area contributed by atoms with Crippen LogP contribution in [0.2, 0.25) is 0 Å². The lowest BCUT2D eigenvalue weighted by atomic mass is 10.1. The number of hydrogen-bond acceptors (Lipinski definition) is 3. The predicted molar refractivity (Wildman–Crippen MR) is 88.2 cm³/mol. The Morgan fingerprint density at radius 1 is 1.40 bits per heavy atom. The molecule has 1 N–H and O–H groups in total. The number of halogens is 1. The van der Waals surface area contributed by atoms with E-state index < -0.39 is 0 Å². The lowest BCUT2D eigenvalue weighted by molar-refractivity contribution is 0.102. The molecule has 20 heavy (non-hydrogen) atoms. The third kappa shape index (κ3) is 2.45. The van der Waals surface area contributed by atoms with E-state index in [-0.39, 0.29) is 5.91 Å². The molecular formula is C15H11IN2OS. The van der Waals surface area contributed by atoms with Gasteiger partial charge in [0.05, 0.1) is 5.56 Å². The number of aryl methyl sites for hydroxylation is 1. The fraction of sp³-hybridized carbons (Fsp3) is 0.200. The fourth-order valence-electron chi connectivity index (χ4n) is 2.42. The quantitative estimate of drug-likeness (QED) is 0.784. The van der Waals surface area contributed by atoms with Crippen molar-refractivity contribution in [3.05, 3.63) is 49.4 Å². The topological polar surface area (TPSA) is 52.9 Å². The number of thiophene rings is 1. The zero-order chi connectivity index (χ0) is 14.1. The number of nitriles is 1. The Hall–Kier alpha value is -1.39. The number of carbonyl (C=O) groups is 1. The van der Waals surface area contributed by atoms with Crippen molar-refractivity contribution in [2.75, 3.05) is 5.32 Å². The smallest absolute Gasteiger partial charge is 0.256 e. The van der Waals surface area contributed by atoms with Crippen LogP contribution >= 0.6 is 33.9 Å². The van der Waals surface area contributed by atoms with E-state index in [2.05, 4.69) is 34.0 Å². The van der Waals surface area contributed by atoms with Crippen molar-refractivity contribution in [3.8, 4) is 6.07 Å². The molecular weight excluding hydrogens is 383 g/mol. The molecule has 0 spiro atoms. The fourth-order valence-corrected chi connectivity index (χ4v) is 4.19. The standard InChI is InChI=1S/C15H11IN2OS/c16-10-4-1-3-9(7-10)14(19)18-15-12(8-17)11-5-2-6-13(11)20-15/h1,3-4,7H,2,5-6H2,(H,18,19). The summed E-state index contributed by atoms with van der Waals surface area (Å²) in [4.78, 5) is 13.5. The number of rotatable bonds is 2. The van der Waals surface area contributed by atoms with Gasteiger partial charge in [-0.25, -0.2) is 0 Å². The van der Waals surface area contributed by atoms with Crippen molar-refractivity contribution in [3.63, 3.8) is 0 Å². The SMILES string of the molecule is N#Cc1c(NC(=O)c2cccc(I)c2)sc2c1CCC2. The molecule has 0 saturated carbocycles. The van der Waals surface area contributed by atoms with Crippen molar-refractivity contribution in [2.45, 2.75) is 19.3 Å². The van der Waals surface area contributed by atoms with Crippen LogP contribution in [0.3, 0.4) is 0 Å².